The highest BCUT2D eigenvalue weighted by atomic mass is 32.2. The summed E-state index contributed by atoms with van der Waals surface area (Å²) < 4.78 is 56.1. The van der Waals surface area contributed by atoms with E-state index < -0.39 is 38.7 Å². The summed E-state index contributed by atoms with van der Waals surface area (Å²) in [4.78, 5) is 24.4. The summed E-state index contributed by atoms with van der Waals surface area (Å²) in [5, 5.41) is 3.34. The molecule has 3 N–H and O–H groups in total. The number of benzene rings is 2. The number of hydrogen-bond acceptors (Lipinski definition) is 6. The summed E-state index contributed by atoms with van der Waals surface area (Å²) in [6, 6.07) is 9.22. The van der Waals surface area contributed by atoms with Gasteiger partial charge in [-0.1, -0.05) is 19.1 Å². The molecule has 0 saturated heterocycles. The van der Waals surface area contributed by atoms with Crippen LogP contribution in [0.25, 0.3) is 11.0 Å². The van der Waals surface area contributed by atoms with Gasteiger partial charge in [0.1, 0.15) is 23.6 Å². The van der Waals surface area contributed by atoms with Crippen molar-refractivity contribution >= 4 is 44.0 Å². The molecule has 0 atom stereocenters. The minimum absolute atomic E-state index is 0.0721. The van der Waals surface area contributed by atoms with Crippen molar-refractivity contribution in [1.29, 1.82) is 0 Å². The second-order valence-corrected chi connectivity index (χ2v) is 9.52. The number of hydrogen-bond donors (Lipinski definition) is 3. The van der Waals surface area contributed by atoms with Gasteiger partial charge in [0.15, 0.2) is 5.82 Å². The molecular formula is C23H21F2N5O3S. The van der Waals surface area contributed by atoms with Crippen molar-refractivity contribution < 1.29 is 22.0 Å². The van der Waals surface area contributed by atoms with Gasteiger partial charge in [-0.15, -0.1) is 0 Å². The van der Waals surface area contributed by atoms with Gasteiger partial charge in [-0.2, -0.15) is 0 Å². The predicted molar refractivity (Wildman–Crippen MR) is 126 cm³/mol. The number of aromatic amines is 1. The summed E-state index contributed by atoms with van der Waals surface area (Å²) in [6.45, 7) is 3.57. The minimum Gasteiger partial charge on any atom is -0.345 e. The van der Waals surface area contributed by atoms with Crippen molar-refractivity contribution in [3.63, 3.8) is 0 Å². The lowest BCUT2D eigenvalue weighted by atomic mass is 10.0. The van der Waals surface area contributed by atoms with Crippen LogP contribution in [0.2, 0.25) is 0 Å². The Hall–Kier alpha value is -3.86. The number of aryl methyl sites for hydroxylation is 1. The normalized spacial score (nSPS) is 11.5. The Bertz CT molecular complexity index is 1500. The van der Waals surface area contributed by atoms with Crippen LogP contribution < -0.4 is 10.0 Å². The molecule has 176 valence electrons. The van der Waals surface area contributed by atoms with E-state index in [1.165, 1.54) is 12.5 Å². The Balaban J connectivity index is 1.79. The molecule has 2 heterocycles. The second-order valence-electron chi connectivity index (χ2n) is 7.68. The van der Waals surface area contributed by atoms with E-state index in [1.807, 2.05) is 25.1 Å². The van der Waals surface area contributed by atoms with Gasteiger partial charge in [0, 0.05) is 11.9 Å². The highest BCUT2D eigenvalue weighted by molar-refractivity contribution is 7.92. The van der Waals surface area contributed by atoms with Crippen LogP contribution in [0.5, 0.6) is 0 Å². The molecule has 0 radical (unpaired) electrons. The average Bonchev–Trinajstić information content (AvgIpc) is 3.21. The fraction of sp³-hybridized carbons (Fsp3) is 0.174. The SMILES string of the molecule is CCCS(=O)(=O)Nc1ccc(F)c(C(=O)c2c[nH]c3ncnc(Nc4cccc(C)c4)c23)c1F. The summed E-state index contributed by atoms with van der Waals surface area (Å²) in [6.07, 6.45) is 2.88. The highest BCUT2D eigenvalue weighted by Crippen LogP contribution is 2.31. The third-order valence-corrected chi connectivity index (χ3v) is 6.53. The molecule has 2 aromatic heterocycles. The van der Waals surface area contributed by atoms with E-state index in [9.17, 15) is 17.6 Å². The van der Waals surface area contributed by atoms with Crippen LogP contribution in [-0.4, -0.2) is 34.9 Å². The molecule has 2 aromatic carbocycles. The molecule has 8 nitrogen and oxygen atoms in total. The zero-order chi connectivity index (χ0) is 24.5. The van der Waals surface area contributed by atoms with Gasteiger partial charge in [0.25, 0.3) is 0 Å². The number of aromatic nitrogens is 3. The highest BCUT2D eigenvalue weighted by Gasteiger charge is 2.27. The third-order valence-electron chi connectivity index (χ3n) is 5.05. The topological polar surface area (TPSA) is 117 Å². The quantitative estimate of drug-likeness (QED) is 0.312. The first-order valence-electron chi connectivity index (χ1n) is 10.4. The Kier molecular flexibility index (Phi) is 6.29. The Morgan fingerprint density at radius 3 is 2.68 bits per heavy atom. The molecular weight excluding hydrogens is 464 g/mol. The molecule has 0 aliphatic heterocycles. The van der Waals surface area contributed by atoms with Gasteiger partial charge in [-0.25, -0.2) is 27.2 Å². The maximum Gasteiger partial charge on any atom is 0.232 e. The maximum atomic E-state index is 15.2. The first-order chi connectivity index (χ1) is 16.2. The zero-order valence-corrected chi connectivity index (χ0v) is 19.1. The predicted octanol–water partition coefficient (Wildman–Crippen LogP) is 4.67. The number of carbonyl (C=O) groups is 1. The van der Waals surface area contributed by atoms with Gasteiger partial charge < -0.3 is 10.3 Å². The Morgan fingerprint density at radius 1 is 1.15 bits per heavy atom. The number of H-pyrrole nitrogens is 1. The smallest absolute Gasteiger partial charge is 0.232 e. The zero-order valence-electron chi connectivity index (χ0n) is 18.3. The lowest BCUT2D eigenvalue weighted by Crippen LogP contribution is -2.18. The second kappa shape index (κ2) is 9.18. The number of ketones is 1. The molecule has 0 aliphatic carbocycles. The number of carbonyl (C=O) groups excluding carboxylic acids is 1. The molecule has 0 saturated carbocycles. The number of rotatable bonds is 8. The maximum absolute atomic E-state index is 15.2. The molecule has 4 aromatic rings. The minimum atomic E-state index is -3.86. The van der Waals surface area contributed by atoms with Crippen LogP contribution in [0.15, 0.2) is 48.9 Å². The Labute approximate surface area is 194 Å². The van der Waals surface area contributed by atoms with E-state index in [0.29, 0.717) is 12.1 Å². The molecule has 0 bridgehead atoms. The number of nitrogens with one attached hydrogen (secondary N) is 3. The van der Waals surface area contributed by atoms with Gasteiger partial charge in [0.2, 0.25) is 15.8 Å². The van der Waals surface area contributed by atoms with Crippen molar-refractivity contribution in [2.24, 2.45) is 0 Å². The summed E-state index contributed by atoms with van der Waals surface area (Å²) in [5.41, 5.74) is 0.512. The van der Waals surface area contributed by atoms with Crippen LogP contribution in [0.4, 0.5) is 26.0 Å². The average molecular weight is 486 g/mol. The summed E-state index contributed by atoms with van der Waals surface area (Å²) >= 11 is 0. The first kappa shape index (κ1) is 23.3. The van der Waals surface area contributed by atoms with Crippen molar-refractivity contribution in [3.8, 4) is 0 Å². The molecule has 0 aliphatic rings. The molecule has 0 fully saturated rings. The number of sulfonamides is 1. The number of halogens is 2. The third kappa shape index (κ3) is 4.60. The number of nitrogens with zero attached hydrogens (tertiary/aromatic N) is 2. The van der Waals surface area contributed by atoms with E-state index in [1.54, 1.807) is 13.0 Å². The van der Waals surface area contributed by atoms with Crippen LogP contribution in [0, 0.1) is 18.6 Å². The molecule has 0 unspecified atom stereocenters. The van der Waals surface area contributed by atoms with Gasteiger partial charge in [0.05, 0.1) is 28.0 Å². The van der Waals surface area contributed by atoms with Gasteiger partial charge >= 0.3 is 0 Å². The van der Waals surface area contributed by atoms with Crippen molar-refractivity contribution in [2.75, 3.05) is 15.8 Å². The standard InChI is InChI=1S/C23H21F2N5O3S/c1-3-9-34(32,33)30-17-8-7-16(24)19(20(17)25)21(31)15-11-26-22-18(15)23(28-12-27-22)29-14-6-4-5-13(2)10-14/h4-8,10-12,30H,3,9H2,1-2H3,(H2,26,27,28,29). The molecule has 4 rings (SSSR count). The lowest BCUT2D eigenvalue weighted by Gasteiger charge is -2.12. The van der Waals surface area contributed by atoms with E-state index in [2.05, 4.69) is 25.0 Å². The monoisotopic (exact) mass is 485 g/mol. The van der Waals surface area contributed by atoms with Crippen molar-refractivity contribution in [1.82, 2.24) is 15.0 Å². The molecule has 0 amide bonds. The Morgan fingerprint density at radius 2 is 1.94 bits per heavy atom. The van der Waals surface area contributed by atoms with E-state index in [0.717, 1.165) is 17.7 Å². The van der Waals surface area contributed by atoms with Crippen LogP contribution in [-0.2, 0) is 10.0 Å². The lowest BCUT2D eigenvalue weighted by molar-refractivity contribution is 0.103. The van der Waals surface area contributed by atoms with Gasteiger partial charge in [-0.3, -0.25) is 9.52 Å². The number of anilines is 3. The summed E-state index contributed by atoms with van der Waals surface area (Å²) in [7, 11) is -3.86. The van der Waals surface area contributed by atoms with E-state index >= 15 is 4.39 Å². The fourth-order valence-electron chi connectivity index (χ4n) is 3.56. The molecule has 0 spiro atoms. The molecule has 11 heteroatoms. The first-order valence-corrected chi connectivity index (χ1v) is 12.0. The van der Waals surface area contributed by atoms with Crippen LogP contribution in [0.3, 0.4) is 0 Å². The summed E-state index contributed by atoms with van der Waals surface area (Å²) in [5.74, 6) is -3.40. The van der Waals surface area contributed by atoms with E-state index in [4.69, 9.17) is 0 Å². The number of fused-ring (bicyclic) bond motifs is 1. The molecule has 34 heavy (non-hydrogen) atoms. The van der Waals surface area contributed by atoms with Gasteiger partial charge in [-0.05, 0) is 43.2 Å². The van der Waals surface area contributed by atoms with Crippen molar-refractivity contribution in [2.45, 2.75) is 20.3 Å². The van der Waals surface area contributed by atoms with E-state index in [-0.39, 0.29) is 28.2 Å². The van der Waals surface area contributed by atoms with Crippen LogP contribution >= 0.6 is 0 Å². The largest absolute Gasteiger partial charge is 0.345 e. The van der Waals surface area contributed by atoms with Crippen LogP contribution in [0.1, 0.15) is 34.8 Å². The van der Waals surface area contributed by atoms with Crippen molar-refractivity contribution in [3.05, 3.63) is 77.2 Å². The fourth-order valence-corrected chi connectivity index (χ4v) is 4.69.